The number of carbonyl (C=O) groups is 1. The van der Waals surface area contributed by atoms with Gasteiger partial charge in [-0.3, -0.25) is 4.79 Å². The van der Waals surface area contributed by atoms with Gasteiger partial charge in [0.05, 0.1) is 5.75 Å². The third-order valence-electron chi connectivity index (χ3n) is 2.33. The standard InChI is InChI=1S/C12H17ClN2O4S/c1-2-20(17,18)15-8-7-14-12(16)9-19-11-5-3-10(13)4-6-11/h3-6,15H,2,7-9H2,1H3,(H,14,16). The van der Waals surface area contributed by atoms with Crippen molar-refractivity contribution in [3.05, 3.63) is 29.3 Å². The van der Waals surface area contributed by atoms with E-state index in [9.17, 15) is 13.2 Å². The first-order valence-electron chi connectivity index (χ1n) is 6.05. The number of halogens is 1. The molecule has 0 aromatic heterocycles. The zero-order valence-electron chi connectivity index (χ0n) is 11.1. The van der Waals surface area contributed by atoms with E-state index in [-0.39, 0.29) is 31.4 Å². The van der Waals surface area contributed by atoms with Crippen molar-refractivity contribution >= 4 is 27.5 Å². The van der Waals surface area contributed by atoms with Crippen molar-refractivity contribution in [3.63, 3.8) is 0 Å². The largest absolute Gasteiger partial charge is 0.484 e. The zero-order chi connectivity index (χ0) is 15.0. The molecule has 0 atom stereocenters. The Balaban J connectivity index is 2.19. The first kappa shape index (κ1) is 16.7. The van der Waals surface area contributed by atoms with Crippen LogP contribution in [0.2, 0.25) is 5.02 Å². The Morgan fingerprint density at radius 1 is 1.25 bits per heavy atom. The molecule has 1 aromatic carbocycles. The fourth-order valence-electron chi connectivity index (χ4n) is 1.24. The third-order valence-corrected chi connectivity index (χ3v) is 3.99. The molecule has 0 saturated heterocycles. The monoisotopic (exact) mass is 320 g/mol. The number of ether oxygens (including phenoxy) is 1. The van der Waals surface area contributed by atoms with E-state index in [0.29, 0.717) is 10.8 Å². The summed E-state index contributed by atoms with van der Waals surface area (Å²) in [6.45, 7) is 1.77. The number of rotatable bonds is 8. The number of amides is 1. The topological polar surface area (TPSA) is 84.5 Å². The lowest BCUT2D eigenvalue weighted by Crippen LogP contribution is -2.37. The van der Waals surface area contributed by atoms with E-state index in [2.05, 4.69) is 10.0 Å². The van der Waals surface area contributed by atoms with Crippen molar-refractivity contribution in [3.8, 4) is 5.75 Å². The van der Waals surface area contributed by atoms with Crippen molar-refractivity contribution in [2.45, 2.75) is 6.92 Å². The second-order valence-electron chi connectivity index (χ2n) is 3.89. The van der Waals surface area contributed by atoms with E-state index in [1.807, 2.05) is 0 Å². The smallest absolute Gasteiger partial charge is 0.257 e. The second kappa shape index (κ2) is 8.08. The Morgan fingerprint density at radius 3 is 2.50 bits per heavy atom. The maximum Gasteiger partial charge on any atom is 0.257 e. The molecule has 1 aromatic rings. The Hall–Kier alpha value is -1.31. The molecule has 0 spiro atoms. The minimum Gasteiger partial charge on any atom is -0.484 e. The van der Waals surface area contributed by atoms with Crippen LogP contribution in [0, 0.1) is 0 Å². The predicted molar refractivity (Wildman–Crippen MR) is 77.4 cm³/mol. The van der Waals surface area contributed by atoms with Crippen LogP contribution in [0.4, 0.5) is 0 Å². The molecule has 0 aliphatic heterocycles. The first-order chi connectivity index (χ1) is 9.43. The van der Waals surface area contributed by atoms with Crippen LogP contribution in [-0.4, -0.2) is 39.8 Å². The van der Waals surface area contributed by atoms with Crippen molar-refractivity contribution < 1.29 is 17.9 Å². The SMILES string of the molecule is CCS(=O)(=O)NCCNC(=O)COc1ccc(Cl)cc1. The highest BCUT2D eigenvalue weighted by molar-refractivity contribution is 7.89. The average molecular weight is 321 g/mol. The van der Waals surface area contributed by atoms with Gasteiger partial charge in [0, 0.05) is 18.1 Å². The molecule has 0 aliphatic rings. The molecule has 112 valence electrons. The molecule has 2 N–H and O–H groups in total. The molecule has 8 heteroatoms. The lowest BCUT2D eigenvalue weighted by atomic mass is 10.3. The quantitative estimate of drug-likeness (QED) is 0.693. The van der Waals surface area contributed by atoms with Crippen molar-refractivity contribution in [2.24, 2.45) is 0 Å². The minimum absolute atomic E-state index is 0.0145. The van der Waals surface area contributed by atoms with Crippen molar-refractivity contribution in [1.82, 2.24) is 10.0 Å². The van der Waals surface area contributed by atoms with Gasteiger partial charge in [-0.25, -0.2) is 13.1 Å². The molecule has 0 saturated carbocycles. The highest BCUT2D eigenvalue weighted by atomic mass is 35.5. The van der Waals surface area contributed by atoms with Crippen LogP contribution < -0.4 is 14.8 Å². The number of hydrogen-bond acceptors (Lipinski definition) is 4. The molecule has 0 bridgehead atoms. The molecule has 0 radical (unpaired) electrons. The van der Waals surface area contributed by atoms with E-state index in [0.717, 1.165) is 0 Å². The Labute approximate surface area is 123 Å². The highest BCUT2D eigenvalue weighted by Crippen LogP contribution is 2.15. The van der Waals surface area contributed by atoms with Crippen LogP contribution in [0.1, 0.15) is 6.92 Å². The maximum atomic E-state index is 11.4. The maximum absolute atomic E-state index is 11.4. The second-order valence-corrected chi connectivity index (χ2v) is 6.42. The Kier molecular flexibility index (Phi) is 6.77. The fraction of sp³-hybridized carbons (Fsp3) is 0.417. The number of sulfonamides is 1. The summed E-state index contributed by atoms with van der Waals surface area (Å²) in [5.41, 5.74) is 0. The summed E-state index contributed by atoms with van der Waals surface area (Å²) in [6.07, 6.45) is 0. The summed E-state index contributed by atoms with van der Waals surface area (Å²) < 4.78 is 29.8. The summed E-state index contributed by atoms with van der Waals surface area (Å²) in [5, 5.41) is 3.13. The van der Waals surface area contributed by atoms with Crippen molar-refractivity contribution in [2.75, 3.05) is 25.4 Å². The molecule has 0 aliphatic carbocycles. The normalized spacial score (nSPS) is 11.1. The lowest BCUT2D eigenvalue weighted by Gasteiger charge is -2.08. The summed E-state index contributed by atoms with van der Waals surface area (Å²) in [4.78, 5) is 11.4. The summed E-state index contributed by atoms with van der Waals surface area (Å²) >= 11 is 5.72. The zero-order valence-corrected chi connectivity index (χ0v) is 12.6. The van der Waals surface area contributed by atoms with E-state index in [1.54, 1.807) is 31.2 Å². The first-order valence-corrected chi connectivity index (χ1v) is 8.08. The van der Waals surface area contributed by atoms with Gasteiger partial charge in [-0.15, -0.1) is 0 Å². The predicted octanol–water partition coefficient (Wildman–Crippen LogP) is 0.774. The number of hydrogen-bond donors (Lipinski definition) is 2. The van der Waals surface area contributed by atoms with E-state index < -0.39 is 10.0 Å². The third kappa shape index (κ3) is 6.74. The fourth-order valence-corrected chi connectivity index (χ4v) is 1.98. The van der Waals surface area contributed by atoms with E-state index in [4.69, 9.17) is 16.3 Å². The van der Waals surface area contributed by atoms with E-state index >= 15 is 0 Å². The van der Waals surface area contributed by atoms with E-state index in [1.165, 1.54) is 0 Å². The van der Waals surface area contributed by atoms with Gasteiger partial charge in [0.1, 0.15) is 5.75 Å². The molecule has 20 heavy (non-hydrogen) atoms. The van der Waals surface area contributed by atoms with Gasteiger partial charge < -0.3 is 10.1 Å². The molecular weight excluding hydrogens is 304 g/mol. The minimum atomic E-state index is -3.22. The molecule has 6 nitrogen and oxygen atoms in total. The summed E-state index contributed by atoms with van der Waals surface area (Å²) in [7, 11) is -3.22. The van der Waals surface area contributed by atoms with Crippen molar-refractivity contribution in [1.29, 1.82) is 0 Å². The van der Waals surface area contributed by atoms with Crippen LogP contribution in [0.25, 0.3) is 0 Å². The van der Waals surface area contributed by atoms with Crippen LogP contribution in [0.3, 0.4) is 0 Å². The molecule has 1 amide bonds. The number of carbonyl (C=O) groups excluding carboxylic acids is 1. The lowest BCUT2D eigenvalue weighted by molar-refractivity contribution is -0.123. The van der Waals surface area contributed by atoms with Gasteiger partial charge in [-0.1, -0.05) is 11.6 Å². The van der Waals surface area contributed by atoms with Gasteiger partial charge in [-0.05, 0) is 31.2 Å². The Morgan fingerprint density at radius 2 is 1.90 bits per heavy atom. The van der Waals surface area contributed by atoms with Crippen LogP contribution >= 0.6 is 11.6 Å². The van der Waals surface area contributed by atoms with Crippen LogP contribution in [0.5, 0.6) is 5.75 Å². The number of benzene rings is 1. The van der Waals surface area contributed by atoms with Gasteiger partial charge in [0.2, 0.25) is 10.0 Å². The molecule has 0 fully saturated rings. The molecule has 0 heterocycles. The van der Waals surface area contributed by atoms with Crippen LogP contribution in [0.15, 0.2) is 24.3 Å². The molecule has 0 unspecified atom stereocenters. The van der Waals surface area contributed by atoms with Gasteiger partial charge in [0.15, 0.2) is 6.61 Å². The number of nitrogens with one attached hydrogen (secondary N) is 2. The summed E-state index contributed by atoms with van der Waals surface area (Å²) in [5.74, 6) is 0.229. The molecular formula is C12H17ClN2O4S. The summed E-state index contributed by atoms with van der Waals surface area (Å²) in [6, 6.07) is 6.64. The average Bonchev–Trinajstić information content (AvgIpc) is 2.43. The molecule has 1 rings (SSSR count). The highest BCUT2D eigenvalue weighted by Gasteiger charge is 2.06. The Bertz CT molecular complexity index is 531. The van der Waals surface area contributed by atoms with Gasteiger partial charge in [0.25, 0.3) is 5.91 Å². The van der Waals surface area contributed by atoms with Crippen LogP contribution in [-0.2, 0) is 14.8 Å². The van der Waals surface area contributed by atoms with Gasteiger partial charge >= 0.3 is 0 Å². The van der Waals surface area contributed by atoms with Gasteiger partial charge in [-0.2, -0.15) is 0 Å².